The van der Waals surface area contributed by atoms with Crippen LogP contribution in [0.4, 0.5) is 0 Å². The molecule has 0 aliphatic heterocycles. The lowest BCUT2D eigenvalue weighted by Crippen LogP contribution is -1.84. The maximum atomic E-state index is 9.01. The molecule has 90 valence electrons. The van der Waals surface area contributed by atoms with E-state index < -0.39 is 0 Å². The Morgan fingerprint density at radius 1 is 1.11 bits per heavy atom. The van der Waals surface area contributed by atoms with Crippen LogP contribution in [0.25, 0.3) is 11.0 Å². The van der Waals surface area contributed by atoms with Crippen molar-refractivity contribution in [1.82, 2.24) is 15.0 Å². The van der Waals surface area contributed by atoms with E-state index in [4.69, 9.17) is 9.84 Å². The molecular weight excluding hydrogens is 230 g/mol. The molecule has 0 fully saturated rings. The summed E-state index contributed by atoms with van der Waals surface area (Å²) in [5.74, 6) is 1.99. The first-order chi connectivity index (χ1) is 8.85. The number of pyridine rings is 1. The van der Waals surface area contributed by atoms with Crippen molar-refractivity contribution in [1.29, 1.82) is 0 Å². The van der Waals surface area contributed by atoms with Gasteiger partial charge in [-0.05, 0) is 24.3 Å². The van der Waals surface area contributed by atoms with Gasteiger partial charge in [0.25, 0.3) is 0 Å². The molecule has 0 saturated carbocycles. The van der Waals surface area contributed by atoms with Crippen LogP contribution in [0.1, 0.15) is 5.82 Å². The van der Waals surface area contributed by atoms with Gasteiger partial charge in [-0.2, -0.15) is 0 Å². The summed E-state index contributed by atoms with van der Waals surface area (Å²) in [5.41, 5.74) is 1.65. The number of fused-ring (bicyclic) bond motifs is 1. The molecule has 18 heavy (non-hydrogen) atoms. The van der Waals surface area contributed by atoms with E-state index in [9.17, 15) is 0 Å². The Hall–Kier alpha value is -2.40. The number of nitrogens with one attached hydrogen (secondary N) is 1. The molecule has 5 heteroatoms. The van der Waals surface area contributed by atoms with Crippen LogP contribution in [0.3, 0.4) is 0 Å². The number of ether oxygens (including phenoxy) is 1. The van der Waals surface area contributed by atoms with Gasteiger partial charge < -0.3 is 14.8 Å². The predicted octanol–water partition coefficient (Wildman–Crippen LogP) is 2.24. The molecule has 2 heterocycles. The number of hydrogen-bond acceptors (Lipinski definition) is 4. The molecule has 2 aromatic heterocycles. The number of aromatic nitrogens is 3. The number of aliphatic hydroxyl groups excluding tert-OH is 1. The number of hydrogen-bond donors (Lipinski definition) is 2. The van der Waals surface area contributed by atoms with Gasteiger partial charge in [-0.25, -0.2) is 4.98 Å². The van der Waals surface area contributed by atoms with Crippen molar-refractivity contribution in [3.8, 4) is 11.5 Å². The van der Waals surface area contributed by atoms with Crippen molar-refractivity contribution in [3.05, 3.63) is 48.5 Å². The molecule has 2 N–H and O–H groups in total. The van der Waals surface area contributed by atoms with Crippen molar-refractivity contribution in [3.63, 3.8) is 0 Å². The van der Waals surface area contributed by atoms with Crippen LogP contribution in [-0.2, 0) is 6.61 Å². The van der Waals surface area contributed by atoms with Crippen LogP contribution in [0.15, 0.2) is 42.7 Å². The summed E-state index contributed by atoms with van der Waals surface area (Å²) in [6.07, 6.45) is 3.35. The average Bonchev–Trinajstić information content (AvgIpc) is 2.82. The highest BCUT2D eigenvalue weighted by atomic mass is 16.5. The number of nitrogens with zero attached hydrogens (tertiary/aromatic N) is 2. The van der Waals surface area contributed by atoms with Crippen LogP contribution in [0, 0.1) is 0 Å². The molecule has 3 rings (SSSR count). The quantitative estimate of drug-likeness (QED) is 0.737. The van der Waals surface area contributed by atoms with Crippen molar-refractivity contribution < 1.29 is 9.84 Å². The number of aliphatic hydroxyl groups is 1. The first-order valence-corrected chi connectivity index (χ1v) is 5.52. The number of imidazole rings is 1. The lowest BCUT2D eigenvalue weighted by atomic mass is 10.3. The van der Waals surface area contributed by atoms with Gasteiger partial charge in [0.2, 0.25) is 0 Å². The summed E-state index contributed by atoms with van der Waals surface area (Å²) in [4.78, 5) is 11.2. The van der Waals surface area contributed by atoms with Gasteiger partial charge in [-0.15, -0.1) is 0 Å². The van der Waals surface area contributed by atoms with E-state index in [1.165, 1.54) is 0 Å². The fourth-order valence-corrected chi connectivity index (χ4v) is 1.72. The summed E-state index contributed by atoms with van der Waals surface area (Å²) >= 11 is 0. The van der Waals surface area contributed by atoms with Gasteiger partial charge in [0.05, 0.1) is 11.0 Å². The Kier molecular flexibility index (Phi) is 2.66. The lowest BCUT2D eigenvalue weighted by Gasteiger charge is -2.04. The van der Waals surface area contributed by atoms with Crippen molar-refractivity contribution in [2.75, 3.05) is 0 Å². The summed E-state index contributed by atoms with van der Waals surface area (Å²) in [6.45, 7) is -0.102. The average molecular weight is 241 g/mol. The normalized spacial score (nSPS) is 10.7. The molecule has 0 aliphatic rings. The van der Waals surface area contributed by atoms with Gasteiger partial charge in [0, 0.05) is 18.5 Å². The second-order valence-corrected chi connectivity index (χ2v) is 3.81. The van der Waals surface area contributed by atoms with E-state index in [-0.39, 0.29) is 6.61 Å². The van der Waals surface area contributed by atoms with Crippen LogP contribution in [0.5, 0.6) is 11.5 Å². The Balaban J connectivity index is 1.93. The minimum atomic E-state index is -0.102. The smallest absolute Gasteiger partial charge is 0.133 e. The summed E-state index contributed by atoms with van der Waals surface area (Å²) in [6, 6.07) is 9.11. The number of aromatic amines is 1. The van der Waals surface area contributed by atoms with Crippen LogP contribution < -0.4 is 4.74 Å². The molecule has 5 nitrogen and oxygen atoms in total. The third kappa shape index (κ3) is 2.03. The van der Waals surface area contributed by atoms with E-state index in [2.05, 4.69) is 15.0 Å². The molecule has 1 aromatic carbocycles. The number of benzene rings is 1. The molecule has 0 unspecified atom stereocenters. The first kappa shape index (κ1) is 10.7. The number of H-pyrrole nitrogens is 1. The van der Waals surface area contributed by atoms with E-state index >= 15 is 0 Å². The molecular formula is C13H11N3O2. The zero-order valence-corrected chi connectivity index (χ0v) is 9.50. The number of rotatable bonds is 3. The van der Waals surface area contributed by atoms with Gasteiger partial charge in [-0.3, -0.25) is 4.98 Å². The van der Waals surface area contributed by atoms with E-state index in [0.29, 0.717) is 11.6 Å². The summed E-state index contributed by atoms with van der Waals surface area (Å²) < 4.78 is 5.68. The molecule has 0 spiro atoms. The van der Waals surface area contributed by atoms with Crippen LogP contribution in [-0.4, -0.2) is 20.1 Å². The van der Waals surface area contributed by atoms with Crippen molar-refractivity contribution in [2.45, 2.75) is 6.61 Å². The minimum absolute atomic E-state index is 0.102. The highest BCUT2D eigenvalue weighted by Crippen LogP contribution is 2.24. The lowest BCUT2D eigenvalue weighted by molar-refractivity contribution is 0.273. The zero-order chi connectivity index (χ0) is 12.4. The highest BCUT2D eigenvalue weighted by Gasteiger charge is 2.04. The Labute approximate surface area is 103 Å². The van der Waals surface area contributed by atoms with Gasteiger partial charge >= 0.3 is 0 Å². The fraction of sp³-hybridized carbons (Fsp3) is 0.0769. The van der Waals surface area contributed by atoms with Gasteiger partial charge in [0.1, 0.15) is 23.9 Å². The molecule has 0 aliphatic carbocycles. The molecule has 0 bridgehead atoms. The van der Waals surface area contributed by atoms with Crippen LogP contribution in [0.2, 0.25) is 0 Å². The minimum Gasteiger partial charge on any atom is -0.457 e. The van der Waals surface area contributed by atoms with Gasteiger partial charge in [-0.1, -0.05) is 0 Å². The highest BCUT2D eigenvalue weighted by molar-refractivity contribution is 5.76. The largest absolute Gasteiger partial charge is 0.457 e. The molecule has 0 atom stereocenters. The van der Waals surface area contributed by atoms with Crippen LogP contribution >= 0.6 is 0 Å². The third-order valence-electron chi connectivity index (χ3n) is 2.54. The zero-order valence-electron chi connectivity index (χ0n) is 9.50. The van der Waals surface area contributed by atoms with Crippen molar-refractivity contribution in [2.24, 2.45) is 0 Å². The standard InChI is InChI=1S/C13H11N3O2/c17-8-13-15-11-2-1-10(7-12(11)16-13)18-9-3-5-14-6-4-9/h1-7,17H,8H2,(H,15,16). The first-order valence-electron chi connectivity index (χ1n) is 5.52. The summed E-state index contributed by atoms with van der Waals surface area (Å²) in [7, 11) is 0. The molecule has 0 amide bonds. The maximum Gasteiger partial charge on any atom is 0.133 e. The monoisotopic (exact) mass is 241 g/mol. The van der Waals surface area contributed by atoms with E-state index in [1.54, 1.807) is 24.5 Å². The molecule has 0 radical (unpaired) electrons. The fourth-order valence-electron chi connectivity index (χ4n) is 1.72. The van der Waals surface area contributed by atoms with E-state index in [0.717, 1.165) is 16.8 Å². The predicted molar refractivity (Wildman–Crippen MR) is 66.3 cm³/mol. The Morgan fingerprint density at radius 3 is 2.72 bits per heavy atom. The Bertz CT molecular complexity index is 664. The SMILES string of the molecule is OCc1nc2ccc(Oc3ccncc3)cc2[nH]1. The molecule has 0 saturated heterocycles. The second kappa shape index (κ2) is 4.46. The van der Waals surface area contributed by atoms with Gasteiger partial charge in [0.15, 0.2) is 0 Å². The summed E-state index contributed by atoms with van der Waals surface area (Å²) in [5, 5.41) is 9.01. The third-order valence-corrected chi connectivity index (χ3v) is 2.54. The second-order valence-electron chi connectivity index (χ2n) is 3.81. The topological polar surface area (TPSA) is 71.0 Å². The maximum absolute atomic E-state index is 9.01. The van der Waals surface area contributed by atoms with E-state index in [1.807, 2.05) is 18.2 Å². The molecule has 3 aromatic rings. The Morgan fingerprint density at radius 2 is 1.94 bits per heavy atom. The van der Waals surface area contributed by atoms with Crippen molar-refractivity contribution >= 4 is 11.0 Å².